The number of hydrogen-bond donors (Lipinski definition) is 2. The Morgan fingerprint density at radius 1 is 0.842 bits per heavy atom. The van der Waals surface area contributed by atoms with E-state index in [0.717, 1.165) is 12.5 Å². The van der Waals surface area contributed by atoms with Gasteiger partial charge < -0.3 is 29.7 Å². The van der Waals surface area contributed by atoms with Crippen LogP contribution in [-0.4, -0.2) is 52.3 Å². The van der Waals surface area contributed by atoms with Gasteiger partial charge in [0.15, 0.2) is 23.2 Å². The summed E-state index contributed by atoms with van der Waals surface area (Å²) in [6, 6.07) is 13.6. The number of pyridine rings is 1. The normalized spacial score (nSPS) is 13.2. The number of hydrogen-bond acceptors (Lipinski definition) is 11. The minimum Gasteiger partial charge on any atom is -0.497 e. The Bertz CT molecular complexity index is 2460. The number of ether oxygens (including phenoxy) is 3. The van der Waals surface area contributed by atoms with Crippen LogP contribution in [0.3, 0.4) is 0 Å². The molecule has 2 N–H and O–H groups in total. The molecule has 1 atom stereocenters. The second kappa shape index (κ2) is 16.0. The lowest BCUT2D eigenvalue weighted by atomic mass is 9.98. The van der Waals surface area contributed by atoms with Crippen LogP contribution in [0.15, 0.2) is 60.9 Å². The molecule has 6 aromatic rings. The van der Waals surface area contributed by atoms with Gasteiger partial charge in [0.05, 0.1) is 54.0 Å². The van der Waals surface area contributed by atoms with E-state index in [4.69, 9.17) is 37.4 Å². The Balaban J connectivity index is 1.32. The van der Waals surface area contributed by atoms with Crippen molar-refractivity contribution in [1.82, 2.24) is 24.9 Å². The zero-order valence-electron chi connectivity index (χ0n) is 30.7. The lowest BCUT2D eigenvalue weighted by Gasteiger charge is -2.30. The van der Waals surface area contributed by atoms with Gasteiger partial charge in [0, 0.05) is 31.0 Å². The second-order valence-electron chi connectivity index (χ2n) is 12.9. The number of nitrogens with zero attached hydrogens (tertiary/aromatic N) is 6. The number of rotatable bonds is 11. The van der Waals surface area contributed by atoms with Crippen molar-refractivity contribution in [2.45, 2.75) is 39.2 Å². The highest BCUT2D eigenvalue weighted by atomic mass is 35.5. The van der Waals surface area contributed by atoms with Gasteiger partial charge in [-0.1, -0.05) is 35.9 Å². The van der Waals surface area contributed by atoms with E-state index in [1.54, 1.807) is 36.3 Å². The lowest BCUT2D eigenvalue weighted by molar-refractivity contribution is -0.137. The van der Waals surface area contributed by atoms with Crippen molar-refractivity contribution in [1.29, 1.82) is 0 Å². The number of methoxy groups -OCH3 is 2. The minimum absolute atomic E-state index is 0.0365. The maximum absolute atomic E-state index is 17.0. The van der Waals surface area contributed by atoms with Crippen molar-refractivity contribution >= 4 is 51.6 Å². The highest BCUT2D eigenvalue weighted by molar-refractivity contribution is 6.37. The molecule has 7 rings (SSSR count). The van der Waals surface area contributed by atoms with Crippen molar-refractivity contribution in [3.63, 3.8) is 0 Å². The third-order valence-electron chi connectivity index (χ3n) is 9.51. The van der Waals surface area contributed by atoms with Crippen molar-refractivity contribution in [3.05, 3.63) is 111 Å². The van der Waals surface area contributed by atoms with E-state index >= 15 is 8.78 Å². The molecule has 11 nitrogen and oxygen atoms in total. The number of nitrogens with one attached hydrogen (secondary N) is 2. The zero-order valence-corrected chi connectivity index (χ0v) is 32.2. The fourth-order valence-electron chi connectivity index (χ4n) is 6.63. The molecule has 296 valence electrons. The molecule has 4 heterocycles. The van der Waals surface area contributed by atoms with Gasteiger partial charge in [-0.3, -0.25) is 4.98 Å². The molecule has 0 unspecified atom stereocenters. The summed E-state index contributed by atoms with van der Waals surface area (Å²) in [6.07, 6.45) is -2.13. The Morgan fingerprint density at radius 2 is 1.44 bits per heavy atom. The molecule has 0 bridgehead atoms. The van der Waals surface area contributed by atoms with E-state index in [9.17, 15) is 13.2 Å². The summed E-state index contributed by atoms with van der Waals surface area (Å²) in [5.41, 5.74) is -2.53. The topological polar surface area (TPSA) is 119 Å². The number of halogens is 7. The maximum atomic E-state index is 17.0. The van der Waals surface area contributed by atoms with Crippen LogP contribution in [0, 0.1) is 18.6 Å². The second-order valence-corrected chi connectivity index (χ2v) is 13.6. The highest BCUT2D eigenvalue weighted by Crippen LogP contribution is 2.51. The van der Waals surface area contributed by atoms with E-state index in [-0.39, 0.29) is 36.6 Å². The molecular weight excluding hydrogens is 794 g/mol. The smallest absolute Gasteiger partial charge is 0.418 e. The Hall–Kier alpha value is -5.74. The zero-order chi connectivity index (χ0) is 40.6. The van der Waals surface area contributed by atoms with Crippen LogP contribution in [0.25, 0.3) is 22.2 Å². The van der Waals surface area contributed by atoms with Crippen molar-refractivity contribution < 1.29 is 36.2 Å². The monoisotopic (exact) mass is 826 g/mol. The Labute approximate surface area is 333 Å². The van der Waals surface area contributed by atoms with E-state index < -0.39 is 67.9 Å². The average molecular weight is 828 g/mol. The average Bonchev–Trinajstić information content (AvgIpc) is 3.39. The molecule has 3 aromatic carbocycles. The van der Waals surface area contributed by atoms with E-state index in [0.29, 0.717) is 35.1 Å². The minimum atomic E-state index is -5.18. The molecule has 1 aliphatic heterocycles. The molecule has 1 aliphatic rings. The molecule has 18 heteroatoms. The number of aromatic nitrogens is 5. The third kappa shape index (κ3) is 7.70. The van der Waals surface area contributed by atoms with E-state index in [2.05, 4.69) is 35.6 Å². The van der Waals surface area contributed by atoms with Gasteiger partial charge in [0.2, 0.25) is 5.28 Å². The molecule has 0 saturated heterocycles. The summed E-state index contributed by atoms with van der Waals surface area (Å²) in [5.74, 6) is -1.51. The van der Waals surface area contributed by atoms with Gasteiger partial charge in [-0.25, -0.2) is 23.7 Å². The molecule has 3 aromatic heterocycles. The standard InChI is InChI=1S/C39H33Cl2F5N8O3/c1-19-27(39(44,45)46)32(51-35(29(19)42)49-17-21-5-9-23(55-3)10-6-21)25-28(40)34-26-33(30(25)43)52-38(41)53-37(26)54(15-16-57-34)20(2)31-36(48-14-13-47-31)50-18-22-7-11-24(56-4)12-8-22/h5-14,20H,15-18H2,1-4H3,(H,48,50)(H,49,51)/t20-/m1/s1. The first kappa shape index (κ1) is 39.5. The molecule has 0 aliphatic carbocycles. The van der Waals surface area contributed by atoms with Gasteiger partial charge in [-0.2, -0.15) is 18.2 Å². The molecule has 0 fully saturated rings. The first-order valence-electron chi connectivity index (χ1n) is 17.4. The fraction of sp³-hybridized carbons (Fsp3) is 0.256. The summed E-state index contributed by atoms with van der Waals surface area (Å²) in [7, 11) is 3.08. The molecule has 0 radical (unpaired) electrons. The number of alkyl halides is 3. The maximum Gasteiger partial charge on any atom is 0.418 e. The Kier molecular flexibility index (Phi) is 11.1. The van der Waals surface area contributed by atoms with Crippen molar-refractivity contribution in [2.24, 2.45) is 0 Å². The summed E-state index contributed by atoms with van der Waals surface area (Å²) < 4.78 is 93.6. The SMILES string of the molecule is COc1ccc(CNc2nccnc2[C@@H](C)N2CCOc3c(Cl)c(-c4nc(NCc5ccc(OC)cc5)c(F)c(C)c4C(F)(F)F)c(F)c4nc(Cl)nc2c34)cc1. The largest absolute Gasteiger partial charge is 0.497 e. The molecule has 0 saturated carbocycles. The molecule has 0 amide bonds. The van der Waals surface area contributed by atoms with Crippen molar-refractivity contribution in [2.75, 3.05) is 42.9 Å². The van der Waals surface area contributed by atoms with Crippen LogP contribution < -0.4 is 29.7 Å². The number of benzene rings is 3. The molecule has 57 heavy (non-hydrogen) atoms. The predicted octanol–water partition coefficient (Wildman–Crippen LogP) is 9.60. The molecular formula is C39H33Cl2F5N8O3. The first-order chi connectivity index (χ1) is 27.3. The Morgan fingerprint density at radius 3 is 2.04 bits per heavy atom. The van der Waals surface area contributed by atoms with Gasteiger partial charge in [0.1, 0.15) is 41.0 Å². The summed E-state index contributed by atoms with van der Waals surface area (Å²) in [4.78, 5) is 23.4. The quantitative estimate of drug-likeness (QED) is 0.0960. The lowest BCUT2D eigenvalue weighted by Crippen LogP contribution is -2.32. The van der Waals surface area contributed by atoms with Gasteiger partial charge >= 0.3 is 6.18 Å². The van der Waals surface area contributed by atoms with Crippen molar-refractivity contribution in [3.8, 4) is 28.5 Å². The third-order valence-corrected chi connectivity index (χ3v) is 10.0. The predicted molar refractivity (Wildman–Crippen MR) is 206 cm³/mol. The van der Waals surface area contributed by atoms with Crippen LogP contribution in [0.1, 0.15) is 40.9 Å². The fourth-order valence-corrected chi connectivity index (χ4v) is 7.12. The van der Waals surface area contributed by atoms with Gasteiger partial charge in [-0.15, -0.1) is 0 Å². The van der Waals surface area contributed by atoms with Crippen LogP contribution in [0.4, 0.5) is 39.4 Å². The molecule has 0 spiro atoms. The van der Waals surface area contributed by atoms with Gasteiger partial charge in [0.25, 0.3) is 0 Å². The summed E-state index contributed by atoms with van der Waals surface area (Å²) in [5, 5.41) is 5.04. The van der Waals surface area contributed by atoms with E-state index in [1.807, 2.05) is 31.2 Å². The number of anilines is 3. The highest BCUT2D eigenvalue weighted by Gasteiger charge is 2.41. The summed E-state index contributed by atoms with van der Waals surface area (Å²) >= 11 is 13.3. The van der Waals surface area contributed by atoms with E-state index in [1.165, 1.54) is 19.5 Å². The first-order valence-corrected chi connectivity index (χ1v) is 18.2. The van der Waals surface area contributed by atoms with Gasteiger partial charge in [-0.05, 0) is 60.8 Å². The van der Waals surface area contributed by atoms with Crippen LogP contribution >= 0.6 is 23.2 Å². The van der Waals surface area contributed by atoms with Crippen LogP contribution in [0.2, 0.25) is 10.3 Å². The van der Waals surface area contributed by atoms with Crippen LogP contribution in [0.5, 0.6) is 17.2 Å². The summed E-state index contributed by atoms with van der Waals surface area (Å²) in [6.45, 7) is 3.17. The van der Waals surface area contributed by atoms with Crippen LogP contribution in [-0.2, 0) is 19.3 Å².